The van der Waals surface area contributed by atoms with Crippen LogP contribution in [0.2, 0.25) is 0 Å². The number of aryl methyl sites for hydroxylation is 1. The molecule has 0 atom stereocenters. The molecule has 0 amide bonds. The number of para-hydroxylation sites is 1. The van der Waals surface area contributed by atoms with E-state index < -0.39 is 0 Å². The highest BCUT2D eigenvalue weighted by atomic mass is 16.3. The van der Waals surface area contributed by atoms with Crippen LogP contribution in [0.3, 0.4) is 0 Å². The Bertz CT molecular complexity index is 763. The maximum absolute atomic E-state index is 10.7. The Labute approximate surface area is 110 Å². The summed E-state index contributed by atoms with van der Waals surface area (Å²) in [5.41, 5.74) is 4.08. The summed E-state index contributed by atoms with van der Waals surface area (Å²) in [5.74, 6) is 0. The molecule has 0 saturated carbocycles. The molecule has 3 rings (SSSR count). The van der Waals surface area contributed by atoms with Gasteiger partial charge in [-0.3, -0.25) is 0 Å². The van der Waals surface area contributed by atoms with Gasteiger partial charge in [0.15, 0.2) is 0 Å². The number of hydrogen-bond donors (Lipinski definition) is 0. The van der Waals surface area contributed by atoms with E-state index in [1.54, 1.807) is 12.1 Å². The highest BCUT2D eigenvalue weighted by molar-refractivity contribution is 5.93. The van der Waals surface area contributed by atoms with E-state index in [9.17, 15) is 4.91 Å². The van der Waals surface area contributed by atoms with Crippen LogP contribution in [0.15, 0.2) is 54.0 Å². The highest BCUT2D eigenvalue weighted by Crippen LogP contribution is 2.30. The summed E-state index contributed by atoms with van der Waals surface area (Å²) in [6.45, 7) is 1.99. The lowest BCUT2D eigenvalue weighted by Crippen LogP contribution is -1.90. The summed E-state index contributed by atoms with van der Waals surface area (Å²) in [6, 6.07) is 13.2. The van der Waals surface area contributed by atoms with Crippen LogP contribution < -0.4 is 0 Å². The highest BCUT2D eigenvalue weighted by Gasteiger charge is 2.09. The zero-order valence-electron chi connectivity index (χ0n) is 10.4. The molecule has 3 aromatic rings. The molecular weight excluding hydrogens is 238 g/mol. The molecule has 4 heteroatoms. The molecule has 92 valence electrons. The number of hydrogen-bond acceptors (Lipinski definition) is 4. The largest absolute Gasteiger partial charge is 0.236 e. The molecule has 2 aromatic carbocycles. The van der Waals surface area contributed by atoms with Gasteiger partial charge in [-0.15, -0.1) is 4.91 Å². The van der Waals surface area contributed by atoms with Crippen molar-refractivity contribution in [3.05, 3.63) is 59.3 Å². The lowest BCUT2D eigenvalue weighted by Gasteiger charge is -2.08. The molecule has 0 aliphatic carbocycles. The summed E-state index contributed by atoms with van der Waals surface area (Å²) in [4.78, 5) is 19.3. The van der Waals surface area contributed by atoms with Crippen LogP contribution in [0.4, 0.5) is 5.69 Å². The van der Waals surface area contributed by atoms with Gasteiger partial charge in [-0.1, -0.05) is 24.3 Å². The van der Waals surface area contributed by atoms with Crippen LogP contribution in [0.25, 0.3) is 22.2 Å². The smallest absolute Gasteiger partial charge is 0.116 e. The van der Waals surface area contributed by atoms with Gasteiger partial charge in [0.25, 0.3) is 0 Å². The van der Waals surface area contributed by atoms with Crippen molar-refractivity contribution < 1.29 is 0 Å². The molecule has 0 saturated heterocycles. The van der Waals surface area contributed by atoms with Gasteiger partial charge in [0, 0.05) is 10.9 Å². The van der Waals surface area contributed by atoms with E-state index in [0.29, 0.717) is 5.69 Å². The van der Waals surface area contributed by atoms with Crippen LogP contribution in [0.5, 0.6) is 0 Å². The number of fused-ring (bicyclic) bond motifs is 1. The Morgan fingerprint density at radius 1 is 1.05 bits per heavy atom. The Balaban J connectivity index is 2.33. The minimum absolute atomic E-state index is 0.406. The van der Waals surface area contributed by atoms with E-state index in [-0.39, 0.29) is 0 Å². The van der Waals surface area contributed by atoms with E-state index in [2.05, 4.69) is 15.1 Å². The minimum atomic E-state index is 0.406. The maximum Gasteiger partial charge on any atom is 0.116 e. The van der Waals surface area contributed by atoms with Crippen molar-refractivity contribution in [2.24, 2.45) is 5.18 Å². The molecule has 0 unspecified atom stereocenters. The molecule has 19 heavy (non-hydrogen) atoms. The van der Waals surface area contributed by atoms with E-state index in [1.165, 1.54) is 6.33 Å². The van der Waals surface area contributed by atoms with Crippen molar-refractivity contribution in [3.8, 4) is 11.3 Å². The SMILES string of the molecule is Cc1ccc(N=O)cc1-c1ncnc2ccccc12. The molecule has 0 radical (unpaired) electrons. The number of aromatic nitrogens is 2. The van der Waals surface area contributed by atoms with Crippen molar-refractivity contribution in [1.82, 2.24) is 9.97 Å². The van der Waals surface area contributed by atoms with E-state index in [4.69, 9.17) is 0 Å². The normalized spacial score (nSPS) is 10.6. The monoisotopic (exact) mass is 249 g/mol. The quantitative estimate of drug-likeness (QED) is 0.645. The van der Waals surface area contributed by atoms with E-state index >= 15 is 0 Å². The van der Waals surface area contributed by atoms with Gasteiger partial charge >= 0.3 is 0 Å². The zero-order valence-corrected chi connectivity index (χ0v) is 10.4. The molecule has 1 aromatic heterocycles. The van der Waals surface area contributed by atoms with Gasteiger partial charge in [0.1, 0.15) is 12.0 Å². The Morgan fingerprint density at radius 3 is 2.74 bits per heavy atom. The fraction of sp³-hybridized carbons (Fsp3) is 0.0667. The third kappa shape index (κ3) is 1.97. The van der Waals surface area contributed by atoms with E-state index in [1.807, 2.05) is 37.3 Å². The molecule has 1 heterocycles. The van der Waals surface area contributed by atoms with Gasteiger partial charge in [-0.25, -0.2) is 9.97 Å². The molecule has 0 aliphatic rings. The maximum atomic E-state index is 10.7. The van der Waals surface area contributed by atoms with Crippen LogP contribution in [-0.4, -0.2) is 9.97 Å². The number of nitrogens with zero attached hydrogens (tertiary/aromatic N) is 3. The topological polar surface area (TPSA) is 55.2 Å². The lowest BCUT2D eigenvalue weighted by molar-refractivity contribution is 1.22. The van der Waals surface area contributed by atoms with Crippen molar-refractivity contribution in [3.63, 3.8) is 0 Å². The van der Waals surface area contributed by atoms with Crippen molar-refractivity contribution in [2.45, 2.75) is 6.92 Å². The van der Waals surface area contributed by atoms with Gasteiger partial charge < -0.3 is 0 Å². The first-order chi connectivity index (χ1) is 9.29. The second kappa shape index (κ2) is 4.57. The average Bonchev–Trinajstić information content (AvgIpc) is 2.47. The molecule has 0 spiro atoms. The third-order valence-corrected chi connectivity index (χ3v) is 3.12. The molecular formula is C15H11N3O. The number of nitroso groups, excluding NO2 is 1. The number of benzene rings is 2. The Kier molecular flexibility index (Phi) is 2.76. The predicted molar refractivity (Wildman–Crippen MR) is 75.2 cm³/mol. The standard InChI is InChI=1S/C15H11N3O/c1-10-6-7-11(18-19)8-13(10)15-12-4-2-3-5-14(12)16-9-17-15/h2-9H,1H3. The molecule has 0 bridgehead atoms. The second-order valence-electron chi connectivity index (χ2n) is 4.33. The van der Waals surface area contributed by atoms with Crippen molar-refractivity contribution in [2.75, 3.05) is 0 Å². The van der Waals surface area contributed by atoms with Crippen LogP contribution in [0.1, 0.15) is 5.56 Å². The number of rotatable bonds is 2. The van der Waals surface area contributed by atoms with Crippen molar-refractivity contribution >= 4 is 16.6 Å². The van der Waals surface area contributed by atoms with Gasteiger partial charge in [-0.05, 0) is 35.9 Å². The molecule has 0 N–H and O–H groups in total. The van der Waals surface area contributed by atoms with Crippen LogP contribution >= 0.6 is 0 Å². The Hall–Kier alpha value is -2.62. The first-order valence-corrected chi connectivity index (χ1v) is 5.94. The fourth-order valence-corrected chi connectivity index (χ4v) is 2.14. The van der Waals surface area contributed by atoms with Crippen LogP contribution in [0, 0.1) is 11.8 Å². The average molecular weight is 249 g/mol. The third-order valence-electron chi connectivity index (χ3n) is 3.12. The summed E-state index contributed by atoms with van der Waals surface area (Å²) in [5, 5.41) is 3.95. The molecule has 0 fully saturated rings. The second-order valence-corrected chi connectivity index (χ2v) is 4.33. The lowest BCUT2D eigenvalue weighted by atomic mass is 10.0. The van der Waals surface area contributed by atoms with Gasteiger partial charge in [0.05, 0.1) is 11.2 Å². The summed E-state index contributed by atoms with van der Waals surface area (Å²) in [6.07, 6.45) is 1.54. The zero-order chi connectivity index (χ0) is 13.2. The van der Waals surface area contributed by atoms with Crippen LogP contribution in [-0.2, 0) is 0 Å². The molecule has 4 nitrogen and oxygen atoms in total. The predicted octanol–water partition coefficient (Wildman–Crippen LogP) is 4.00. The summed E-state index contributed by atoms with van der Waals surface area (Å²) in [7, 11) is 0. The fourth-order valence-electron chi connectivity index (χ4n) is 2.14. The first kappa shape index (κ1) is 11.5. The van der Waals surface area contributed by atoms with Gasteiger partial charge in [-0.2, -0.15) is 0 Å². The summed E-state index contributed by atoms with van der Waals surface area (Å²) < 4.78 is 0. The van der Waals surface area contributed by atoms with E-state index in [0.717, 1.165) is 27.7 Å². The van der Waals surface area contributed by atoms with Crippen molar-refractivity contribution in [1.29, 1.82) is 0 Å². The van der Waals surface area contributed by atoms with Gasteiger partial charge in [0.2, 0.25) is 0 Å². The Morgan fingerprint density at radius 2 is 1.89 bits per heavy atom. The summed E-state index contributed by atoms with van der Waals surface area (Å²) >= 11 is 0. The molecule has 0 aliphatic heterocycles. The minimum Gasteiger partial charge on any atom is -0.236 e. The first-order valence-electron chi connectivity index (χ1n) is 5.94.